The highest BCUT2D eigenvalue weighted by molar-refractivity contribution is 6.04. The maximum Gasteiger partial charge on any atom is 0.414 e. The van der Waals surface area contributed by atoms with Crippen LogP contribution in [0.15, 0.2) is 48.5 Å². The first-order chi connectivity index (χ1) is 11.5. The van der Waals surface area contributed by atoms with Crippen LogP contribution in [-0.4, -0.2) is 39.2 Å². The lowest BCUT2D eigenvalue weighted by atomic mass is 10.2. The van der Waals surface area contributed by atoms with Crippen LogP contribution in [0.4, 0.5) is 21.9 Å². The van der Waals surface area contributed by atoms with E-state index in [1.54, 1.807) is 41.3 Å². The Bertz CT molecular complexity index is 739. The molecule has 0 radical (unpaired) electrons. The standard InChI is InChI=1S/C18H19N3O3/c1-20(2)15-7-3-13(4-8-15)17(22)19-14-5-9-16(10-6-14)21-11-12-24-18(21)23/h3-10H,11-12H2,1-2H3,(H,19,22). The van der Waals surface area contributed by atoms with Gasteiger partial charge in [-0.25, -0.2) is 4.79 Å². The van der Waals surface area contributed by atoms with Crippen LogP contribution in [0.2, 0.25) is 0 Å². The lowest BCUT2D eigenvalue weighted by molar-refractivity contribution is 0.102. The second-order valence-corrected chi connectivity index (χ2v) is 5.71. The van der Waals surface area contributed by atoms with Crippen LogP contribution in [0.5, 0.6) is 0 Å². The fourth-order valence-corrected chi connectivity index (χ4v) is 2.47. The van der Waals surface area contributed by atoms with E-state index >= 15 is 0 Å². The fraction of sp³-hybridized carbons (Fsp3) is 0.222. The SMILES string of the molecule is CN(C)c1ccc(C(=O)Nc2ccc(N3CCOC3=O)cc2)cc1. The van der Waals surface area contributed by atoms with Gasteiger partial charge >= 0.3 is 6.09 Å². The van der Waals surface area contributed by atoms with E-state index in [1.165, 1.54) is 0 Å². The van der Waals surface area contributed by atoms with E-state index in [-0.39, 0.29) is 12.0 Å². The van der Waals surface area contributed by atoms with Gasteiger partial charge in [-0.1, -0.05) is 0 Å². The summed E-state index contributed by atoms with van der Waals surface area (Å²) in [6, 6.07) is 14.5. The Balaban J connectivity index is 1.67. The summed E-state index contributed by atoms with van der Waals surface area (Å²) in [7, 11) is 3.90. The number of cyclic esters (lactones) is 1. The number of carbonyl (C=O) groups is 2. The van der Waals surface area contributed by atoms with Crippen molar-refractivity contribution < 1.29 is 14.3 Å². The van der Waals surface area contributed by atoms with Gasteiger partial charge in [0.2, 0.25) is 0 Å². The van der Waals surface area contributed by atoms with E-state index in [4.69, 9.17) is 4.74 Å². The summed E-state index contributed by atoms with van der Waals surface area (Å²) < 4.78 is 4.91. The van der Waals surface area contributed by atoms with Gasteiger partial charge in [-0.15, -0.1) is 0 Å². The smallest absolute Gasteiger partial charge is 0.414 e. The van der Waals surface area contributed by atoms with Crippen LogP contribution in [0.1, 0.15) is 10.4 Å². The van der Waals surface area contributed by atoms with Gasteiger partial charge in [-0.3, -0.25) is 9.69 Å². The summed E-state index contributed by atoms with van der Waals surface area (Å²) >= 11 is 0. The molecule has 3 rings (SSSR count). The number of amides is 2. The normalized spacial score (nSPS) is 13.6. The summed E-state index contributed by atoms with van der Waals surface area (Å²) in [6.07, 6.45) is -0.340. The molecule has 6 nitrogen and oxygen atoms in total. The van der Waals surface area contributed by atoms with Crippen molar-refractivity contribution in [1.82, 2.24) is 0 Å². The molecular formula is C18H19N3O3. The molecule has 0 unspecified atom stereocenters. The first kappa shape index (κ1) is 15.9. The molecule has 2 aromatic carbocycles. The molecule has 0 spiro atoms. The van der Waals surface area contributed by atoms with Gasteiger partial charge in [0.25, 0.3) is 5.91 Å². The molecule has 124 valence electrons. The zero-order valence-corrected chi connectivity index (χ0v) is 13.7. The monoisotopic (exact) mass is 325 g/mol. The van der Waals surface area contributed by atoms with Crippen LogP contribution >= 0.6 is 0 Å². The lowest BCUT2D eigenvalue weighted by Crippen LogP contribution is -2.23. The number of nitrogens with zero attached hydrogens (tertiary/aromatic N) is 2. The summed E-state index contributed by atoms with van der Waals surface area (Å²) in [4.78, 5) is 27.3. The molecule has 0 bridgehead atoms. The van der Waals surface area contributed by atoms with Crippen LogP contribution in [0.25, 0.3) is 0 Å². The number of rotatable bonds is 4. The third-order valence-electron chi connectivity index (χ3n) is 3.84. The number of hydrogen-bond donors (Lipinski definition) is 1. The van der Waals surface area contributed by atoms with Crippen molar-refractivity contribution in [3.8, 4) is 0 Å². The Kier molecular flexibility index (Phi) is 4.37. The Morgan fingerprint density at radius 2 is 1.75 bits per heavy atom. The van der Waals surface area contributed by atoms with Gasteiger partial charge in [0, 0.05) is 36.7 Å². The molecule has 0 aromatic heterocycles. The van der Waals surface area contributed by atoms with Gasteiger partial charge in [0.1, 0.15) is 6.61 Å². The molecule has 0 saturated carbocycles. The maximum absolute atomic E-state index is 12.3. The summed E-state index contributed by atoms with van der Waals surface area (Å²) in [5, 5.41) is 2.85. The van der Waals surface area contributed by atoms with E-state index in [1.807, 2.05) is 31.1 Å². The second-order valence-electron chi connectivity index (χ2n) is 5.71. The number of benzene rings is 2. The van der Waals surface area contributed by atoms with Crippen molar-refractivity contribution in [1.29, 1.82) is 0 Å². The van der Waals surface area contributed by atoms with E-state index in [9.17, 15) is 9.59 Å². The average molecular weight is 325 g/mol. The van der Waals surface area contributed by atoms with Crippen molar-refractivity contribution in [2.75, 3.05) is 42.4 Å². The van der Waals surface area contributed by atoms with Gasteiger partial charge in [-0.2, -0.15) is 0 Å². The number of ether oxygens (including phenoxy) is 1. The fourth-order valence-electron chi connectivity index (χ4n) is 2.47. The predicted octanol–water partition coefficient (Wildman–Crippen LogP) is 2.96. The van der Waals surface area contributed by atoms with Gasteiger partial charge in [0.15, 0.2) is 0 Å². The molecule has 2 amide bonds. The van der Waals surface area contributed by atoms with Crippen LogP contribution in [0, 0.1) is 0 Å². The molecule has 1 aliphatic heterocycles. The number of carbonyl (C=O) groups excluding carboxylic acids is 2. The molecule has 1 heterocycles. The van der Waals surface area contributed by atoms with Crippen LogP contribution < -0.4 is 15.1 Å². The molecule has 2 aromatic rings. The average Bonchev–Trinajstić information content (AvgIpc) is 3.01. The molecule has 24 heavy (non-hydrogen) atoms. The molecule has 6 heteroatoms. The molecule has 0 aliphatic carbocycles. The molecule has 1 fully saturated rings. The van der Waals surface area contributed by atoms with Crippen molar-refractivity contribution in [3.63, 3.8) is 0 Å². The Labute approximate surface area is 140 Å². The van der Waals surface area contributed by atoms with Crippen molar-refractivity contribution in [3.05, 3.63) is 54.1 Å². The summed E-state index contributed by atoms with van der Waals surface area (Å²) in [5.41, 5.74) is 3.06. The highest BCUT2D eigenvalue weighted by Crippen LogP contribution is 2.21. The van der Waals surface area contributed by atoms with Crippen LogP contribution in [-0.2, 0) is 4.74 Å². The topological polar surface area (TPSA) is 61.9 Å². The first-order valence-electron chi connectivity index (χ1n) is 7.68. The van der Waals surface area contributed by atoms with E-state index < -0.39 is 0 Å². The third-order valence-corrected chi connectivity index (χ3v) is 3.84. The highest BCUT2D eigenvalue weighted by Gasteiger charge is 2.23. The molecule has 1 aliphatic rings. The predicted molar refractivity (Wildman–Crippen MR) is 93.9 cm³/mol. The van der Waals surface area contributed by atoms with Gasteiger partial charge < -0.3 is 15.0 Å². The lowest BCUT2D eigenvalue weighted by Gasteiger charge is -2.14. The number of anilines is 3. The minimum atomic E-state index is -0.340. The Morgan fingerprint density at radius 1 is 1.08 bits per heavy atom. The summed E-state index contributed by atoms with van der Waals surface area (Å²) in [5.74, 6) is -0.173. The number of nitrogens with one attached hydrogen (secondary N) is 1. The molecular weight excluding hydrogens is 306 g/mol. The van der Waals surface area contributed by atoms with Gasteiger partial charge in [0.05, 0.1) is 6.54 Å². The Morgan fingerprint density at radius 3 is 2.29 bits per heavy atom. The van der Waals surface area contributed by atoms with Crippen molar-refractivity contribution >= 4 is 29.1 Å². The Hall–Kier alpha value is -3.02. The van der Waals surface area contributed by atoms with Crippen LogP contribution in [0.3, 0.4) is 0 Å². The van der Waals surface area contributed by atoms with Gasteiger partial charge in [-0.05, 0) is 48.5 Å². The third kappa shape index (κ3) is 3.32. The highest BCUT2D eigenvalue weighted by atomic mass is 16.6. The zero-order valence-electron chi connectivity index (χ0n) is 13.7. The minimum absolute atomic E-state index is 0.173. The molecule has 0 atom stereocenters. The first-order valence-corrected chi connectivity index (χ1v) is 7.68. The van der Waals surface area contributed by atoms with Crippen molar-refractivity contribution in [2.24, 2.45) is 0 Å². The second kappa shape index (κ2) is 6.62. The summed E-state index contributed by atoms with van der Waals surface area (Å²) in [6.45, 7) is 0.947. The zero-order chi connectivity index (χ0) is 17.1. The maximum atomic E-state index is 12.3. The van der Waals surface area contributed by atoms with E-state index in [0.717, 1.165) is 11.4 Å². The largest absolute Gasteiger partial charge is 0.447 e. The van der Waals surface area contributed by atoms with E-state index in [0.29, 0.717) is 24.4 Å². The van der Waals surface area contributed by atoms with E-state index in [2.05, 4.69) is 5.32 Å². The van der Waals surface area contributed by atoms with Crippen molar-refractivity contribution in [2.45, 2.75) is 0 Å². The molecule has 1 saturated heterocycles. The molecule has 1 N–H and O–H groups in total. The minimum Gasteiger partial charge on any atom is -0.447 e. The number of hydrogen-bond acceptors (Lipinski definition) is 4. The quantitative estimate of drug-likeness (QED) is 0.939.